The van der Waals surface area contributed by atoms with E-state index in [-0.39, 0.29) is 5.78 Å². The normalized spacial score (nSPS) is 20.5. The van der Waals surface area contributed by atoms with Crippen LogP contribution in [0.25, 0.3) is 0 Å². The second-order valence-electron chi connectivity index (χ2n) is 4.50. The summed E-state index contributed by atoms with van der Waals surface area (Å²) >= 11 is 0. The van der Waals surface area contributed by atoms with Gasteiger partial charge in [0.15, 0.2) is 5.78 Å². The third kappa shape index (κ3) is 2.93. The number of carbonyl (C=O) groups is 1. The van der Waals surface area contributed by atoms with Gasteiger partial charge in [-0.15, -0.1) is 0 Å². The lowest BCUT2D eigenvalue weighted by Gasteiger charge is -2.19. The molecule has 1 saturated heterocycles. The van der Waals surface area contributed by atoms with E-state index in [4.69, 9.17) is 0 Å². The van der Waals surface area contributed by atoms with Gasteiger partial charge in [0, 0.05) is 18.8 Å². The maximum atomic E-state index is 11.8. The second-order valence-corrected chi connectivity index (χ2v) is 4.50. The number of Topliss-reactive ketones (excluding diaryl/α,β-unsaturated/α-hetero) is 1. The van der Waals surface area contributed by atoms with Crippen LogP contribution in [0.5, 0.6) is 0 Å². The van der Waals surface area contributed by atoms with Crippen LogP contribution in [-0.4, -0.2) is 48.4 Å². The van der Waals surface area contributed by atoms with Gasteiger partial charge < -0.3 is 10.3 Å². The molecule has 16 heavy (non-hydrogen) atoms. The Bertz CT molecular complexity index is 328. The van der Waals surface area contributed by atoms with E-state index < -0.39 is 0 Å². The van der Waals surface area contributed by atoms with Gasteiger partial charge in [0.25, 0.3) is 0 Å². The van der Waals surface area contributed by atoms with Gasteiger partial charge >= 0.3 is 0 Å². The lowest BCUT2D eigenvalue weighted by atomic mass is 10.2. The molecule has 1 aromatic rings. The molecule has 0 bridgehead atoms. The van der Waals surface area contributed by atoms with E-state index in [2.05, 4.69) is 15.2 Å². The number of carbonyl (C=O) groups excluding carboxylic acids is 1. The van der Waals surface area contributed by atoms with Crippen LogP contribution in [0, 0.1) is 0 Å². The van der Waals surface area contributed by atoms with Gasteiger partial charge in [-0.3, -0.25) is 9.69 Å². The van der Waals surface area contributed by atoms with Gasteiger partial charge in [-0.1, -0.05) is 0 Å². The fraction of sp³-hybridized carbons (Fsp3) is 0.583. The Kier molecular flexibility index (Phi) is 3.74. The van der Waals surface area contributed by atoms with Crippen LogP contribution >= 0.6 is 0 Å². The summed E-state index contributed by atoms with van der Waals surface area (Å²) in [5, 5.41) is 3.43. The number of rotatable bonds is 5. The highest BCUT2D eigenvalue weighted by atomic mass is 16.1. The molecule has 0 amide bonds. The summed E-state index contributed by atoms with van der Waals surface area (Å²) in [5.74, 6) is 0.158. The highest BCUT2D eigenvalue weighted by molar-refractivity contribution is 5.95. The quantitative estimate of drug-likeness (QED) is 0.726. The molecule has 4 nitrogen and oxygen atoms in total. The van der Waals surface area contributed by atoms with Crippen LogP contribution in [0.4, 0.5) is 0 Å². The Morgan fingerprint density at radius 1 is 1.62 bits per heavy atom. The number of H-pyrrole nitrogens is 1. The lowest BCUT2D eigenvalue weighted by Crippen LogP contribution is -2.37. The summed E-state index contributed by atoms with van der Waals surface area (Å²) in [6.07, 6.45) is 4.26. The number of hydrogen-bond donors (Lipinski definition) is 2. The Morgan fingerprint density at radius 2 is 2.50 bits per heavy atom. The van der Waals surface area contributed by atoms with Crippen molar-refractivity contribution in [1.29, 1.82) is 0 Å². The first-order chi connectivity index (χ1) is 7.75. The van der Waals surface area contributed by atoms with Crippen molar-refractivity contribution < 1.29 is 4.79 Å². The van der Waals surface area contributed by atoms with Crippen LogP contribution in [0.2, 0.25) is 0 Å². The maximum Gasteiger partial charge on any atom is 0.192 e. The van der Waals surface area contributed by atoms with Crippen molar-refractivity contribution in [3.05, 3.63) is 24.0 Å². The number of nitrogens with one attached hydrogen (secondary N) is 2. The lowest BCUT2D eigenvalue weighted by molar-refractivity contribution is 0.0938. The van der Waals surface area contributed by atoms with Crippen LogP contribution in [0.1, 0.15) is 23.3 Å². The van der Waals surface area contributed by atoms with Crippen LogP contribution in [0.15, 0.2) is 18.3 Å². The average Bonchev–Trinajstić information content (AvgIpc) is 2.88. The topological polar surface area (TPSA) is 48.1 Å². The van der Waals surface area contributed by atoms with Crippen molar-refractivity contribution in [2.75, 3.05) is 26.7 Å². The van der Waals surface area contributed by atoms with Gasteiger partial charge in [0.1, 0.15) is 0 Å². The highest BCUT2D eigenvalue weighted by Crippen LogP contribution is 2.06. The first-order valence-corrected chi connectivity index (χ1v) is 5.84. The minimum absolute atomic E-state index is 0.158. The molecular weight excluding hydrogens is 202 g/mol. The smallest absolute Gasteiger partial charge is 0.192 e. The SMILES string of the molecule is CN(CC(=O)c1ccc[nH]1)CC1CCCN1. The van der Waals surface area contributed by atoms with E-state index in [0.29, 0.717) is 18.3 Å². The fourth-order valence-corrected chi connectivity index (χ4v) is 2.19. The Labute approximate surface area is 96.0 Å². The molecule has 88 valence electrons. The molecule has 1 aliphatic rings. The third-order valence-electron chi connectivity index (χ3n) is 3.01. The van der Waals surface area contributed by atoms with Gasteiger partial charge in [-0.2, -0.15) is 0 Å². The van der Waals surface area contributed by atoms with Crippen molar-refractivity contribution in [2.45, 2.75) is 18.9 Å². The van der Waals surface area contributed by atoms with Crippen LogP contribution < -0.4 is 5.32 Å². The molecule has 1 fully saturated rings. The molecule has 0 radical (unpaired) electrons. The maximum absolute atomic E-state index is 11.8. The number of ketones is 1. The first kappa shape index (κ1) is 11.4. The van der Waals surface area contributed by atoms with Crippen LogP contribution in [-0.2, 0) is 0 Å². The molecule has 0 spiro atoms. The predicted octanol–water partition coefficient (Wildman–Crippen LogP) is 0.881. The van der Waals surface area contributed by atoms with E-state index in [1.54, 1.807) is 6.20 Å². The number of aromatic nitrogens is 1. The van der Waals surface area contributed by atoms with E-state index in [9.17, 15) is 4.79 Å². The van der Waals surface area contributed by atoms with Crippen molar-refractivity contribution in [2.24, 2.45) is 0 Å². The summed E-state index contributed by atoms with van der Waals surface area (Å²) in [5.41, 5.74) is 0.700. The summed E-state index contributed by atoms with van der Waals surface area (Å²) in [6.45, 7) is 2.55. The molecule has 0 aromatic carbocycles. The molecule has 2 N–H and O–H groups in total. The molecule has 1 aliphatic heterocycles. The third-order valence-corrected chi connectivity index (χ3v) is 3.01. The first-order valence-electron chi connectivity index (χ1n) is 5.84. The molecule has 1 atom stereocenters. The Balaban J connectivity index is 1.78. The van der Waals surface area contributed by atoms with E-state index in [0.717, 1.165) is 13.1 Å². The molecule has 4 heteroatoms. The molecule has 1 unspecified atom stereocenters. The van der Waals surface area contributed by atoms with Gasteiger partial charge in [0.2, 0.25) is 0 Å². The number of nitrogens with zero attached hydrogens (tertiary/aromatic N) is 1. The molecule has 2 rings (SSSR count). The molecular formula is C12H19N3O. The van der Waals surface area contributed by atoms with Gasteiger partial charge in [-0.25, -0.2) is 0 Å². The van der Waals surface area contributed by atoms with Gasteiger partial charge in [-0.05, 0) is 38.6 Å². The van der Waals surface area contributed by atoms with Gasteiger partial charge in [0.05, 0.1) is 12.2 Å². The molecule has 0 saturated carbocycles. The monoisotopic (exact) mass is 221 g/mol. The zero-order chi connectivity index (χ0) is 11.4. The molecule has 2 heterocycles. The standard InChI is InChI=1S/C12H19N3O/c1-15(8-10-4-2-6-13-10)9-12(16)11-5-3-7-14-11/h3,5,7,10,13-14H,2,4,6,8-9H2,1H3. The van der Waals surface area contributed by atoms with Crippen molar-refractivity contribution >= 4 is 5.78 Å². The predicted molar refractivity (Wildman–Crippen MR) is 63.6 cm³/mol. The summed E-state index contributed by atoms with van der Waals surface area (Å²) in [4.78, 5) is 16.8. The van der Waals surface area contributed by atoms with E-state index >= 15 is 0 Å². The second kappa shape index (κ2) is 5.27. The molecule has 1 aromatic heterocycles. The summed E-state index contributed by atoms with van der Waals surface area (Å²) in [7, 11) is 2.00. The van der Waals surface area contributed by atoms with E-state index in [1.807, 2.05) is 19.2 Å². The summed E-state index contributed by atoms with van der Waals surface area (Å²) in [6, 6.07) is 4.23. The zero-order valence-corrected chi connectivity index (χ0v) is 9.70. The zero-order valence-electron chi connectivity index (χ0n) is 9.70. The summed E-state index contributed by atoms with van der Waals surface area (Å²) < 4.78 is 0. The number of aromatic amines is 1. The van der Waals surface area contributed by atoms with Crippen LogP contribution in [0.3, 0.4) is 0 Å². The molecule has 0 aliphatic carbocycles. The minimum Gasteiger partial charge on any atom is -0.359 e. The number of hydrogen-bond acceptors (Lipinski definition) is 3. The Morgan fingerprint density at radius 3 is 3.12 bits per heavy atom. The van der Waals surface area contributed by atoms with Crippen molar-refractivity contribution in [3.63, 3.8) is 0 Å². The van der Waals surface area contributed by atoms with Crippen molar-refractivity contribution in [1.82, 2.24) is 15.2 Å². The van der Waals surface area contributed by atoms with Crippen molar-refractivity contribution in [3.8, 4) is 0 Å². The number of likely N-dealkylation sites (N-methyl/N-ethyl adjacent to an activating group) is 1. The van der Waals surface area contributed by atoms with E-state index in [1.165, 1.54) is 12.8 Å². The average molecular weight is 221 g/mol. The highest BCUT2D eigenvalue weighted by Gasteiger charge is 2.17. The fourth-order valence-electron chi connectivity index (χ4n) is 2.19. The Hall–Kier alpha value is -1.13. The minimum atomic E-state index is 0.158. The largest absolute Gasteiger partial charge is 0.359 e.